The molecule has 1 heterocycles. The van der Waals surface area contributed by atoms with E-state index in [1.807, 2.05) is 25.1 Å². The minimum atomic E-state index is -0.114. The fraction of sp³-hybridized carbons (Fsp3) is 0.600. The van der Waals surface area contributed by atoms with Crippen molar-refractivity contribution in [3.63, 3.8) is 0 Å². The predicted octanol–water partition coefficient (Wildman–Crippen LogP) is 3.43. The average molecular weight is 249 g/mol. The van der Waals surface area contributed by atoms with E-state index in [0.29, 0.717) is 6.61 Å². The van der Waals surface area contributed by atoms with E-state index in [9.17, 15) is 0 Å². The van der Waals surface area contributed by atoms with Crippen LogP contribution in [0.15, 0.2) is 18.2 Å². The summed E-state index contributed by atoms with van der Waals surface area (Å²) in [6.07, 6.45) is 2.85. The Morgan fingerprint density at radius 1 is 1.33 bits per heavy atom. The molecule has 0 radical (unpaired) electrons. The fourth-order valence-electron chi connectivity index (χ4n) is 2.63. The lowest BCUT2D eigenvalue weighted by Gasteiger charge is -2.40. The standard InChI is InChI=1S/C15H23NO2/c1-4-15(5-2)10-13(16)12-8-7-11(17-6-3)9-14(12)18-15/h7-9,13H,4-6,10,16H2,1-3H3. The number of hydrogen-bond donors (Lipinski definition) is 1. The zero-order valence-corrected chi connectivity index (χ0v) is 11.5. The van der Waals surface area contributed by atoms with Crippen LogP contribution in [0, 0.1) is 0 Å². The van der Waals surface area contributed by atoms with Gasteiger partial charge >= 0.3 is 0 Å². The van der Waals surface area contributed by atoms with E-state index in [-0.39, 0.29) is 11.6 Å². The first-order valence-corrected chi connectivity index (χ1v) is 6.85. The maximum atomic E-state index is 6.28. The molecule has 0 spiro atoms. The molecule has 0 aromatic heterocycles. The second-order valence-electron chi connectivity index (χ2n) is 4.94. The van der Waals surface area contributed by atoms with Crippen LogP contribution in [-0.2, 0) is 0 Å². The summed E-state index contributed by atoms with van der Waals surface area (Å²) >= 11 is 0. The van der Waals surface area contributed by atoms with Crippen molar-refractivity contribution in [1.29, 1.82) is 0 Å². The van der Waals surface area contributed by atoms with Gasteiger partial charge in [0.2, 0.25) is 0 Å². The van der Waals surface area contributed by atoms with Gasteiger partial charge in [0.1, 0.15) is 17.1 Å². The number of fused-ring (bicyclic) bond motifs is 1. The summed E-state index contributed by atoms with van der Waals surface area (Å²) < 4.78 is 11.7. The molecule has 1 aliphatic rings. The Balaban J connectivity index is 2.34. The van der Waals surface area contributed by atoms with Crippen LogP contribution in [0.1, 0.15) is 51.6 Å². The van der Waals surface area contributed by atoms with Gasteiger partial charge in [-0.05, 0) is 25.8 Å². The molecule has 1 aromatic carbocycles. The van der Waals surface area contributed by atoms with Gasteiger partial charge in [0.15, 0.2) is 0 Å². The van der Waals surface area contributed by atoms with Gasteiger partial charge < -0.3 is 15.2 Å². The topological polar surface area (TPSA) is 44.5 Å². The van der Waals surface area contributed by atoms with Gasteiger partial charge in [0.25, 0.3) is 0 Å². The molecule has 1 unspecified atom stereocenters. The van der Waals surface area contributed by atoms with Gasteiger partial charge in [-0.2, -0.15) is 0 Å². The van der Waals surface area contributed by atoms with Gasteiger partial charge in [0, 0.05) is 24.1 Å². The van der Waals surface area contributed by atoms with Gasteiger partial charge in [0.05, 0.1) is 6.61 Å². The van der Waals surface area contributed by atoms with E-state index in [0.717, 1.165) is 36.3 Å². The van der Waals surface area contributed by atoms with Crippen LogP contribution >= 0.6 is 0 Å². The molecule has 2 rings (SSSR count). The average Bonchev–Trinajstić information content (AvgIpc) is 2.38. The van der Waals surface area contributed by atoms with Crippen LogP contribution < -0.4 is 15.2 Å². The molecule has 3 nitrogen and oxygen atoms in total. The molecule has 0 fully saturated rings. The maximum absolute atomic E-state index is 6.28. The molecule has 0 amide bonds. The van der Waals surface area contributed by atoms with Gasteiger partial charge in [-0.3, -0.25) is 0 Å². The second-order valence-corrected chi connectivity index (χ2v) is 4.94. The Morgan fingerprint density at radius 2 is 2.06 bits per heavy atom. The predicted molar refractivity (Wildman–Crippen MR) is 73.1 cm³/mol. The van der Waals surface area contributed by atoms with E-state index < -0.39 is 0 Å². The third kappa shape index (κ3) is 2.32. The summed E-state index contributed by atoms with van der Waals surface area (Å²) in [5.74, 6) is 1.75. The molecule has 0 aliphatic carbocycles. The molecule has 0 bridgehead atoms. The Bertz CT molecular complexity index is 413. The molecule has 1 aromatic rings. The minimum absolute atomic E-state index is 0.0596. The molecule has 3 heteroatoms. The minimum Gasteiger partial charge on any atom is -0.494 e. The molecular weight excluding hydrogens is 226 g/mol. The van der Waals surface area contributed by atoms with Gasteiger partial charge in [-0.25, -0.2) is 0 Å². The van der Waals surface area contributed by atoms with E-state index in [2.05, 4.69) is 13.8 Å². The lowest BCUT2D eigenvalue weighted by molar-refractivity contribution is 0.0279. The van der Waals surface area contributed by atoms with E-state index >= 15 is 0 Å². The zero-order valence-electron chi connectivity index (χ0n) is 11.5. The van der Waals surface area contributed by atoms with Crippen LogP contribution in [0.5, 0.6) is 11.5 Å². The van der Waals surface area contributed by atoms with Crippen LogP contribution in [0.25, 0.3) is 0 Å². The van der Waals surface area contributed by atoms with Crippen LogP contribution in [0.3, 0.4) is 0 Å². The smallest absolute Gasteiger partial charge is 0.128 e. The summed E-state index contributed by atoms with van der Waals surface area (Å²) in [5, 5.41) is 0. The molecule has 0 saturated carbocycles. The number of nitrogens with two attached hydrogens (primary N) is 1. The van der Waals surface area contributed by atoms with Crippen molar-refractivity contribution in [2.75, 3.05) is 6.61 Å². The first-order chi connectivity index (χ1) is 8.64. The van der Waals surface area contributed by atoms with Crippen molar-refractivity contribution in [2.45, 2.75) is 51.7 Å². The van der Waals surface area contributed by atoms with Gasteiger partial charge in [-0.15, -0.1) is 0 Å². The monoisotopic (exact) mass is 249 g/mol. The highest BCUT2D eigenvalue weighted by atomic mass is 16.5. The largest absolute Gasteiger partial charge is 0.494 e. The van der Waals surface area contributed by atoms with Crippen molar-refractivity contribution in [3.05, 3.63) is 23.8 Å². The van der Waals surface area contributed by atoms with Crippen LogP contribution in [-0.4, -0.2) is 12.2 Å². The van der Waals surface area contributed by atoms with Gasteiger partial charge in [-0.1, -0.05) is 19.9 Å². The summed E-state index contributed by atoms with van der Waals surface area (Å²) in [6.45, 7) is 6.97. The third-order valence-electron chi connectivity index (χ3n) is 3.90. The van der Waals surface area contributed by atoms with Crippen LogP contribution in [0.2, 0.25) is 0 Å². The molecule has 0 saturated heterocycles. The maximum Gasteiger partial charge on any atom is 0.128 e. The number of benzene rings is 1. The molecule has 100 valence electrons. The van der Waals surface area contributed by atoms with E-state index in [4.69, 9.17) is 15.2 Å². The highest BCUT2D eigenvalue weighted by Gasteiger charge is 2.37. The Kier molecular flexibility index (Phi) is 3.81. The summed E-state index contributed by atoms with van der Waals surface area (Å²) in [5.41, 5.74) is 7.26. The highest BCUT2D eigenvalue weighted by Crippen LogP contribution is 2.42. The number of rotatable bonds is 4. The zero-order chi connectivity index (χ0) is 13.2. The second kappa shape index (κ2) is 5.19. The molecular formula is C15H23NO2. The number of hydrogen-bond acceptors (Lipinski definition) is 3. The van der Waals surface area contributed by atoms with Crippen molar-refractivity contribution in [3.8, 4) is 11.5 Å². The van der Waals surface area contributed by atoms with E-state index in [1.165, 1.54) is 0 Å². The first kappa shape index (κ1) is 13.2. The molecule has 1 atom stereocenters. The summed E-state index contributed by atoms with van der Waals surface area (Å²) in [7, 11) is 0. The van der Waals surface area contributed by atoms with Crippen LogP contribution in [0.4, 0.5) is 0 Å². The fourth-order valence-corrected chi connectivity index (χ4v) is 2.63. The van der Waals surface area contributed by atoms with Crippen molar-refractivity contribution in [1.82, 2.24) is 0 Å². The third-order valence-corrected chi connectivity index (χ3v) is 3.90. The lowest BCUT2D eigenvalue weighted by atomic mass is 9.84. The van der Waals surface area contributed by atoms with Crippen molar-refractivity contribution < 1.29 is 9.47 Å². The Labute approximate surface area is 109 Å². The quantitative estimate of drug-likeness (QED) is 0.889. The van der Waals surface area contributed by atoms with Crippen molar-refractivity contribution >= 4 is 0 Å². The summed E-state index contributed by atoms with van der Waals surface area (Å²) in [6, 6.07) is 6.03. The SMILES string of the molecule is CCOc1ccc2c(c1)OC(CC)(CC)CC2N. The number of ether oxygens (including phenoxy) is 2. The Morgan fingerprint density at radius 3 is 2.67 bits per heavy atom. The molecule has 1 aliphatic heterocycles. The Hall–Kier alpha value is -1.22. The lowest BCUT2D eigenvalue weighted by Crippen LogP contribution is -2.41. The van der Waals surface area contributed by atoms with Crippen molar-refractivity contribution in [2.24, 2.45) is 5.73 Å². The normalized spacial score (nSPS) is 21.0. The first-order valence-electron chi connectivity index (χ1n) is 6.85. The summed E-state index contributed by atoms with van der Waals surface area (Å²) in [4.78, 5) is 0. The molecule has 2 N–H and O–H groups in total. The highest BCUT2D eigenvalue weighted by molar-refractivity contribution is 5.44. The van der Waals surface area contributed by atoms with E-state index in [1.54, 1.807) is 0 Å². The molecule has 18 heavy (non-hydrogen) atoms.